The van der Waals surface area contributed by atoms with Crippen molar-refractivity contribution in [2.75, 3.05) is 26.4 Å². The van der Waals surface area contributed by atoms with E-state index >= 15 is 0 Å². The number of aliphatic hydroxyl groups is 2. The summed E-state index contributed by atoms with van der Waals surface area (Å²) in [4.78, 5) is 37.7. The molecule has 2 N–H and O–H groups in total. The zero-order valence-electron chi connectivity index (χ0n) is 15.2. The maximum atomic E-state index is 13.0. The molecule has 3 rings (SSSR count). The Hall–Kier alpha value is -3.08. The molecule has 29 heavy (non-hydrogen) atoms. The number of ether oxygens (including phenoxy) is 1. The first-order valence-electron chi connectivity index (χ1n) is 8.71. The Morgan fingerprint density at radius 3 is 2.55 bits per heavy atom. The molecule has 0 saturated heterocycles. The molecule has 0 spiro atoms. The van der Waals surface area contributed by atoms with Gasteiger partial charge in [-0.3, -0.25) is 19.7 Å². The topological polar surface area (TPSA) is 130 Å². The molecule has 0 bridgehead atoms. The fourth-order valence-electron chi connectivity index (χ4n) is 3.11. The second kappa shape index (κ2) is 8.95. The van der Waals surface area contributed by atoms with Crippen molar-refractivity contribution in [3.05, 3.63) is 73.7 Å². The van der Waals surface area contributed by atoms with E-state index in [1.807, 2.05) is 0 Å². The summed E-state index contributed by atoms with van der Waals surface area (Å²) < 4.78 is 5.21. The summed E-state index contributed by atoms with van der Waals surface area (Å²) in [5.74, 6) is -1.84. The Morgan fingerprint density at radius 1 is 1.24 bits per heavy atom. The number of benzene rings is 1. The van der Waals surface area contributed by atoms with Gasteiger partial charge < -0.3 is 19.8 Å². The van der Waals surface area contributed by atoms with Crippen molar-refractivity contribution >= 4 is 28.7 Å². The Bertz CT molecular complexity index is 938. The van der Waals surface area contributed by atoms with Crippen LogP contribution >= 0.6 is 11.3 Å². The van der Waals surface area contributed by atoms with Gasteiger partial charge in [-0.15, -0.1) is 11.3 Å². The molecule has 9 nitrogen and oxygen atoms in total. The third kappa shape index (κ3) is 4.19. The molecule has 0 aliphatic carbocycles. The minimum Gasteiger partial charge on any atom is -0.503 e. The number of Topliss-reactive ketones (excluding diaryl/α,β-unsaturated/α-hetero) is 1. The monoisotopic (exact) mass is 418 g/mol. The van der Waals surface area contributed by atoms with E-state index < -0.39 is 28.4 Å². The first-order valence-corrected chi connectivity index (χ1v) is 9.59. The van der Waals surface area contributed by atoms with E-state index in [2.05, 4.69) is 0 Å². The number of hydrogen-bond donors (Lipinski definition) is 2. The normalized spacial score (nSPS) is 16.5. The molecule has 2 heterocycles. The van der Waals surface area contributed by atoms with Crippen LogP contribution in [-0.4, -0.2) is 58.1 Å². The molecule has 1 aromatic carbocycles. The van der Waals surface area contributed by atoms with Gasteiger partial charge in [-0.25, -0.2) is 0 Å². The van der Waals surface area contributed by atoms with Gasteiger partial charge in [-0.1, -0.05) is 6.07 Å². The highest BCUT2D eigenvalue weighted by Crippen LogP contribution is 2.39. The van der Waals surface area contributed by atoms with Gasteiger partial charge >= 0.3 is 0 Å². The molecule has 1 amide bonds. The lowest BCUT2D eigenvalue weighted by molar-refractivity contribution is -0.384. The summed E-state index contributed by atoms with van der Waals surface area (Å²) in [7, 11) is 0. The number of nitro groups is 1. The van der Waals surface area contributed by atoms with Crippen molar-refractivity contribution in [2.24, 2.45) is 0 Å². The van der Waals surface area contributed by atoms with Crippen LogP contribution in [0.2, 0.25) is 0 Å². The fraction of sp³-hybridized carbons (Fsp3) is 0.263. The second-order valence-electron chi connectivity index (χ2n) is 6.15. The molecule has 1 aliphatic rings. The Morgan fingerprint density at radius 2 is 1.97 bits per heavy atom. The van der Waals surface area contributed by atoms with Gasteiger partial charge in [0.2, 0.25) is 5.78 Å². The molecule has 0 saturated carbocycles. The van der Waals surface area contributed by atoms with Crippen molar-refractivity contribution < 1.29 is 29.5 Å². The minimum absolute atomic E-state index is 0.0613. The van der Waals surface area contributed by atoms with E-state index in [0.29, 0.717) is 10.4 Å². The van der Waals surface area contributed by atoms with Gasteiger partial charge in [0.15, 0.2) is 5.76 Å². The van der Waals surface area contributed by atoms with Gasteiger partial charge in [0.25, 0.3) is 11.6 Å². The van der Waals surface area contributed by atoms with Gasteiger partial charge in [-0.2, -0.15) is 0 Å². The lowest BCUT2D eigenvalue weighted by Crippen LogP contribution is -2.34. The van der Waals surface area contributed by atoms with Crippen LogP contribution in [0.25, 0.3) is 0 Å². The van der Waals surface area contributed by atoms with Crippen LogP contribution in [0, 0.1) is 10.1 Å². The van der Waals surface area contributed by atoms with Crippen molar-refractivity contribution in [1.29, 1.82) is 0 Å². The van der Waals surface area contributed by atoms with Crippen molar-refractivity contribution in [3.63, 3.8) is 0 Å². The number of thiophene rings is 1. The van der Waals surface area contributed by atoms with E-state index in [0.717, 1.165) is 0 Å². The lowest BCUT2D eigenvalue weighted by Gasteiger charge is -2.26. The fourth-order valence-corrected chi connectivity index (χ4v) is 3.79. The molecule has 1 atom stereocenters. The minimum atomic E-state index is -0.907. The molecule has 2 aromatic rings. The Labute approximate surface area is 169 Å². The number of hydrogen-bond acceptors (Lipinski definition) is 8. The first kappa shape index (κ1) is 20.6. The highest BCUT2D eigenvalue weighted by atomic mass is 32.1. The first-order chi connectivity index (χ1) is 14.0. The third-order valence-corrected chi connectivity index (χ3v) is 5.29. The summed E-state index contributed by atoms with van der Waals surface area (Å²) in [6.07, 6.45) is 0. The maximum absolute atomic E-state index is 13.0. The van der Waals surface area contributed by atoms with E-state index in [4.69, 9.17) is 9.84 Å². The number of amides is 1. The van der Waals surface area contributed by atoms with Crippen molar-refractivity contribution in [1.82, 2.24) is 4.90 Å². The molecule has 1 aliphatic heterocycles. The number of rotatable bonds is 9. The van der Waals surface area contributed by atoms with E-state index in [-0.39, 0.29) is 37.6 Å². The average molecular weight is 418 g/mol. The number of nitro benzene ring substituents is 1. The molecule has 1 aromatic heterocycles. The van der Waals surface area contributed by atoms with Gasteiger partial charge in [0, 0.05) is 18.7 Å². The zero-order chi connectivity index (χ0) is 21.0. The van der Waals surface area contributed by atoms with E-state index in [1.165, 1.54) is 40.5 Å². The summed E-state index contributed by atoms with van der Waals surface area (Å²) in [5.41, 5.74) is 0.249. The largest absolute Gasteiger partial charge is 0.503 e. The quantitative estimate of drug-likeness (QED) is 0.276. The molecule has 0 unspecified atom stereocenters. The average Bonchev–Trinajstić information content (AvgIpc) is 3.33. The van der Waals surface area contributed by atoms with Crippen molar-refractivity contribution in [3.8, 4) is 0 Å². The molecule has 152 valence electrons. The Balaban J connectivity index is 1.98. The predicted molar refractivity (Wildman–Crippen MR) is 104 cm³/mol. The molecule has 0 radical (unpaired) electrons. The third-order valence-electron chi connectivity index (χ3n) is 4.43. The molecule has 10 heteroatoms. The summed E-state index contributed by atoms with van der Waals surface area (Å²) in [5, 5.41) is 31.9. The van der Waals surface area contributed by atoms with Crippen LogP contribution in [0.1, 0.15) is 21.3 Å². The number of nitrogens with zero attached hydrogens (tertiary/aromatic N) is 2. The maximum Gasteiger partial charge on any atom is 0.290 e. The van der Waals surface area contributed by atoms with E-state index in [9.17, 15) is 24.8 Å². The summed E-state index contributed by atoms with van der Waals surface area (Å²) in [6.45, 7) is 0.0608. The summed E-state index contributed by atoms with van der Waals surface area (Å²) >= 11 is 1.18. The smallest absolute Gasteiger partial charge is 0.290 e. The van der Waals surface area contributed by atoms with Gasteiger partial charge in [0.1, 0.15) is 0 Å². The molecular formula is C19H18N2O7S. The number of carbonyl (C=O) groups excluding carboxylic acids is 2. The van der Waals surface area contributed by atoms with Crippen LogP contribution in [-0.2, 0) is 9.53 Å². The number of aliphatic hydroxyl groups excluding tert-OH is 2. The van der Waals surface area contributed by atoms with Gasteiger partial charge in [0.05, 0.1) is 41.2 Å². The predicted octanol–water partition coefficient (Wildman–Crippen LogP) is 2.24. The lowest BCUT2D eigenvalue weighted by atomic mass is 9.95. The number of non-ortho nitro benzene ring substituents is 1. The van der Waals surface area contributed by atoms with Crippen LogP contribution in [0.5, 0.6) is 0 Å². The summed E-state index contributed by atoms with van der Waals surface area (Å²) in [6, 6.07) is 7.85. The SMILES string of the molecule is O=C(C1=C(O)C(=O)N(CCOCCO)[C@@H]1c1ccc([N+](=O)[O-])cc1)c1cccs1. The van der Waals surface area contributed by atoms with Crippen molar-refractivity contribution in [2.45, 2.75) is 6.04 Å². The second-order valence-corrected chi connectivity index (χ2v) is 7.10. The highest BCUT2D eigenvalue weighted by molar-refractivity contribution is 7.12. The van der Waals surface area contributed by atoms with Crippen LogP contribution in [0.15, 0.2) is 53.1 Å². The van der Waals surface area contributed by atoms with Crippen LogP contribution in [0.3, 0.4) is 0 Å². The standard InChI is InChI=1S/C19H18N2O7S/c22-8-10-28-9-7-20-16(12-3-5-13(6-4-12)21(26)27)15(18(24)19(20)25)17(23)14-2-1-11-29-14/h1-6,11,16,22,24H,7-10H2/t16-/m1/s1. The van der Waals surface area contributed by atoms with Crippen LogP contribution < -0.4 is 0 Å². The Kier molecular flexibility index (Phi) is 6.37. The zero-order valence-corrected chi connectivity index (χ0v) is 16.0. The molecule has 0 fully saturated rings. The van der Waals surface area contributed by atoms with E-state index in [1.54, 1.807) is 17.5 Å². The van der Waals surface area contributed by atoms with Crippen LogP contribution in [0.4, 0.5) is 5.69 Å². The molecular weight excluding hydrogens is 400 g/mol. The highest BCUT2D eigenvalue weighted by Gasteiger charge is 2.43. The number of ketones is 1. The number of carbonyl (C=O) groups is 2. The van der Waals surface area contributed by atoms with Gasteiger partial charge in [-0.05, 0) is 29.1 Å².